The number of ether oxygens (including phenoxy) is 1. The van der Waals surface area contributed by atoms with E-state index in [0.29, 0.717) is 23.0 Å². The summed E-state index contributed by atoms with van der Waals surface area (Å²) < 4.78 is 10.4. The first-order valence-electron chi connectivity index (χ1n) is 8.01. The van der Waals surface area contributed by atoms with Crippen molar-refractivity contribution in [3.63, 3.8) is 0 Å². The molecule has 0 aliphatic carbocycles. The van der Waals surface area contributed by atoms with Gasteiger partial charge in [0.25, 0.3) is 11.8 Å². The van der Waals surface area contributed by atoms with Crippen LogP contribution in [0.1, 0.15) is 32.2 Å². The number of carbonyl (C=O) groups is 3. The molecule has 0 spiro atoms. The average molecular weight is 378 g/mol. The quantitative estimate of drug-likeness (QED) is 0.826. The average Bonchev–Trinajstić information content (AvgIpc) is 3.24. The molecule has 1 fully saturated rings. The number of rotatable bonds is 5. The Morgan fingerprint density at radius 2 is 2.23 bits per heavy atom. The van der Waals surface area contributed by atoms with Crippen LogP contribution in [0.2, 0.25) is 0 Å². The molecule has 0 saturated carbocycles. The number of carboxylic acids is 1. The zero-order valence-electron chi connectivity index (χ0n) is 14.1. The molecule has 1 aliphatic heterocycles. The maximum Gasteiger partial charge on any atom is 0.305 e. The van der Waals surface area contributed by atoms with Gasteiger partial charge in [0.1, 0.15) is 0 Å². The van der Waals surface area contributed by atoms with Crippen LogP contribution in [0.25, 0.3) is 0 Å². The fraction of sp³-hybridized carbons (Fsp3) is 0.353. The van der Waals surface area contributed by atoms with E-state index in [2.05, 4.69) is 5.32 Å². The third-order valence-electron chi connectivity index (χ3n) is 3.99. The molecule has 3 heterocycles. The number of nitrogens with one attached hydrogen (secondary N) is 1. The molecule has 3 rings (SSSR count). The number of hydrogen-bond acceptors (Lipinski definition) is 6. The highest BCUT2D eigenvalue weighted by Crippen LogP contribution is 2.29. The largest absolute Gasteiger partial charge is 0.481 e. The van der Waals surface area contributed by atoms with E-state index in [-0.39, 0.29) is 24.7 Å². The fourth-order valence-corrected chi connectivity index (χ4v) is 3.78. The van der Waals surface area contributed by atoms with E-state index < -0.39 is 17.9 Å². The molecule has 8 nitrogen and oxygen atoms in total. The number of furan rings is 1. The molecule has 2 N–H and O–H groups in total. The molecular weight excluding hydrogens is 360 g/mol. The van der Waals surface area contributed by atoms with Crippen LogP contribution >= 0.6 is 11.3 Å². The van der Waals surface area contributed by atoms with E-state index in [9.17, 15) is 14.4 Å². The third kappa shape index (κ3) is 3.94. The lowest BCUT2D eigenvalue weighted by Gasteiger charge is -2.34. The third-order valence-corrected chi connectivity index (χ3v) is 5.13. The van der Waals surface area contributed by atoms with Crippen LogP contribution < -0.4 is 5.32 Å². The summed E-state index contributed by atoms with van der Waals surface area (Å²) in [6.45, 7) is 2.68. The molecule has 26 heavy (non-hydrogen) atoms. The lowest BCUT2D eigenvalue weighted by Crippen LogP contribution is -2.49. The summed E-state index contributed by atoms with van der Waals surface area (Å²) in [5.74, 6) is -1.45. The Kier molecular flexibility index (Phi) is 5.38. The van der Waals surface area contributed by atoms with Crippen molar-refractivity contribution in [2.45, 2.75) is 19.4 Å². The summed E-state index contributed by atoms with van der Waals surface area (Å²) in [6, 6.07) is 4.37. The number of hydrogen-bond donors (Lipinski definition) is 2. The van der Waals surface area contributed by atoms with Crippen molar-refractivity contribution in [3.8, 4) is 0 Å². The summed E-state index contributed by atoms with van der Waals surface area (Å²) in [6.07, 6.45) is 1.24. The minimum absolute atomic E-state index is 0.168. The van der Waals surface area contributed by atoms with Gasteiger partial charge in [-0.3, -0.25) is 14.4 Å². The molecule has 0 bridgehead atoms. The summed E-state index contributed by atoms with van der Waals surface area (Å²) in [5, 5.41) is 12.3. The molecule has 9 heteroatoms. The SMILES string of the molecule is Cc1cc(NC(=O)c2ccco2)sc1C(=O)N1CCOCC1CC(=O)O. The number of thiophene rings is 1. The first kappa shape index (κ1) is 18.2. The Hall–Kier alpha value is -2.65. The van der Waals surface area contributed by atoms with Crippen molar-refractivity contribution in [1.29, 1.82) is 0 Å². The first-order chi connectivity index (χ1) is 12.5. The van der Waals surface area contributed by atoms with Crippen LogP contribution in [-0.2, 0) is 9.53 Å². The monoisotopic (exact) mass is 378 g/mol. The van der Waals surface area contributed by atoms with Gasteiger partial charge in [0.15, 0.2) is 5.76 Å². The van der Waals surface area contributed by atoms with Crippen LogP contribution in [0.5, 0.6) is 0 Å². The van der Waals surface area contributed by atoms with Gasteiger partial charge in [-0.1, -0.05) is 0 Å². The van der Waals surface area contributed by atoms with Crippen molar-refractivity contribution in [1.82, 2.24) is 4.90 Å². The molecule has 2 aromatic heterocycles. The molecule has 1 unspecified atom stereocenters. The topological polar surface area (TPSA) is 109 Å². The van der Waals surface area contributed by atoms with Crippen LogP contribution in [0.3, 0.4) is 0 Å². The van der Waals surface area contributed by atoms with Gasteiger partial charge in [-0.25, -0.2) is 0 Å². The second-order valence-corrected chi connectivity index (χ2v) is 6.93. The highest BCUT2D eigenvalue weighted by Gasteiger charge is 2.31. The molecule has 0 radical (unpaired) electrons. The van der Waals surface area contributed by atoms with Crippen molar-refractivity contribution in [3.05, 3.63) is 40.7 Å². The number of carboxylic acid groups (broad SMARTS) is 1. The van der Waals surface area contributed by atoms with Crippen molar-refractivity contribution in [2.75, 3.05) is 25.1 Å². The van der Waals surface area contributed by atoms with Crippen LogP contribution in [0.4, 0.5) is 5.00 Å². The molecule has 1 aliphatic rings. The van der Waals surface area contributed by atoms with Crippen molar-refractivity contribution in [2.24, 2.45) is 0 Å². The van der Waals surface area contributed by atoms with Crippen molar-refractivity contribution >= 4 is 34.1 Å². The van der Waals surface area contributed by atoms with Gasteiger partial charge < -0.3 is 24.5 Å². The molecule has 1 atom stereocenters. The van der Waals surface area contributed by atoms with Gasteiger partial charge in [-0.05, 0) is 30.7 Å². The van der Waals surface area contributed by atoms with E-state index in [0.717, 1.165) is 16.9 Å². The van der Waals surface area contributed by atoms with Gasteiger partial charge in [0, 0.05) is 6.54 Å². The molecule has 2 amide bonds. The maximum absolute atomic E-state index is 12.9. The number of aryl methyl sites for hydroxylation is 1. The number of amides is 2. The Labute approximate surface area is 153 Å². The minimum Gasteiger partial charge on any atom is -0.481 e. The second-order valence-electron chi connectivity index (χ2n) is 5.88. The molecular formula is C17H18N2O6S. The van der Waals surface area contributed by atoms with Crippen LogP contribution in [-0.4, -0.2) is 53.6 Å². The van der Waals surface area contributed by atoms with Crippen LogP contribution in [0.15, 0.2) is 28.9 Å². The van der Waals surface area contributed by atoms with E-state index in [1.165, 1.54) is 11.2 Å². The number of anilines is 1. The zero-order chi connectivity index (χ0) is 18.7. The van der Waals surface area contributed by atoms with Crippen molar-refractivity contribution < 1.29 is 28.6 Å². The molecule has 1 saturated heterocycles. The Balaban J connectivity index is 1.76. The lowest BCUT2D eigenvalue weighted by molar-refractivity contribution is -0.139. The van der Waals surface area contributed by atoms with Gasteiger partial charge in [-0.15, -0.1) is 11.3 Å². The number of morpholine rings is 1. The van der Waals surface area contributed by atoms with E-state index in [1.807, 2.05) is 0 Å². The summed E-state index contributed by atoms with van der Waals surface area (Å²) in [5.41, 5.74) is 0.718. The first-order valence-corrected chi connectivity index (χ1v) is 8.83. The predicted octanol–water partition coefficient (Wildman–Crippen LogP) is 2.22. The van der Waals surface area contributed by atoms with E-state index >= 15 is 0 Å². The van der Waals surface area contributed by atoms with Gasteiger partial charge in [-0.2, -0.15) is 0 Å². The van der Waals surface area contributed by atoms with Gasteiger partial charge >= 0.3 is 5.97 Å². The number of carbonyl (C=O) groups excluding carboxylic acids is 2. The number of aliphatic carboxylic acids is 1. The number of nitrogens with zero attached hydrogens (tertiary/aromatic N) is 1. The van der Waals surface area contributed by atoms with Gasteiger partial charge in [0.05, 0.1) is 41.8 Å². The predicted molar refractivity (Wildman–Crippen MR) is 93.6 cm³/mol. The molecule has 138 valence electrons. The Morgan fingerprint density at radius 1 is 1.42 bits per heavy atom. The Morgan fingerprint density at radius 3 is 2.92 bits per heavy atom. The Bertz CT molecular complexity index is 813. The smallest absolute Gasteiger partial charge is 0.305 e. The summed E-state index contributed by atoms with van der Waals surface area (Å²) >= 11 is 1.15. The van der Waals surface area contributed by atoms with E-state index in [4.69, 9.17) is 14.3 Å². The minimum atomic E-state index is -0.979. The molecule has 2 aromatic rings. The van der Waals surface area contributed by atoms with E-state index in [1.54, 1.807) is 25.1 Å². The zero-order valence-corrected chi connectivity index (χ0v) is 14.9. The summed E-state index contributed by atoms with van der Waals surface area (Å²) in [7, 11) is 0. The molecule has 0 aromatic carbocycles. The second kappa shape index (κ2) is 7.71. The highest BCUT2D eigenvalue weighted by molar-refractivity contribution is 7.18. The lowest BCUT2D eigenvalue weighted by atomic mass is 10.1. The van der Waals surface area contributed by atoms with Gasteiger partial charge in [0.2, 0.25) is 0 Å². The maximum atomic E-state index is 12.9. The van der Waals surface area contributed by atoms with Crippen LogP contribution in [0, 0.1) is 6.92 Å². The highest BCUT2D eigenvalue weighted by atomic mass is 32.1. The summed E-state index contributed by atoms with van der Waals surface area (Å²) in [4.78, 5) is 38.0. The standard InChI is InChI=1S/C17H18N2O6S/c1-10-7-13(18-16(22)12-3-2-5-25-12)26-15(10)17(23)19-4-6-24-9-11(19)8-14(20)21/h2-3,5,7,11H,4,6,8-9H2,1H3,(H,18,22)(H,20,21). The fourth-order valence-electron chi connectivity index (χ4n) is 2.76. The normalized spacial score (nSPS) is 17.1.